The summed E-state index contributed by atoms with van der Waals surface area (Å²) in [7, 11) is 1.59. The number of thioether (sulfide) groups is 1. The highest BCUT2D eigenvalue weighted by atomic mass is 32.2. The lowest BCUT2D eigenvalue weighted by atomic mass is 10.1. The molecule has 0 saturated carbocycles. The summed E-state index contributed by atoms with van der Waals surface area (Å²) < 4.78 is 7.10. The third kappa shape index (κ3) is 4.46. The van der Waals surface area contributed by atoms with Crippen LogP contribution in [0.1, 0.15) is 22.2 Å². The number of benzene rings is 2. The van der Waals surface area contributed by atoms with Gasteiger partial charge >= 0.3 is 0 Å². The van der Waals surface area contributed by atoms with Crippen LogP contribution in [0.2, 0.25) is 0 Å². The molecule has 0 fully saturated rings. The first-order valence-corrected chi connectivity index (χ1v) is 9.27. The van der Waals surface area contributed by atoms with Crippen LogP contribution in [-0.4, -0.2) is 33.3 Å². The molecule has 27 heavy (non-hydrogen) atoms. The number of nitrogens with zero attached hydrogens (tertiary/aromatic N) is 4. The molecular formula is C19H20N4O3S. The Bertz CT molecular complexity index is 940. The number of aromatic nitrogens is 3. The number of rotatable bonds is 7. The summed E-state index contributed by atoms with van der Waals surface area (Å²) in [5.41, 5.74) is 2.90. The number of nitro groups is 1. The van der Waals surface area contributed by atoms with E-state index in [0.29, 0.717) is 10.9 Å². The molecule has 0 aliphatic carbocycles. The van der Waals surface area contributed by atoms with E-state index in [2.05, 4.69) is 10.2 Å². The van der Waals surface area contributed by atoms with E-state index in [1.807, 2.05) is 54.8 Å². The Labute approximate surface area is 161 Å². The molecule has 0 amide bonds. The molecule has 0 N–H and O–H groups in total. The maximum Gasteiger partial charge on any atom is 0.220 e. The summed E-state index contributed by atoms with van der Waals surface area (Å²) in [4.78, 5) is 10.9. The lowest BCUT2D eigenvalue weighted by Gasteiger charge is -2.15. The lowest BCUT2D eigenvalue weighted by molar-refractivity contribution is -0.479. The van der Waals surface area contributed by atoms with Gasteiger partial charge in [0.15, 0.2) is 5.16 Å². The van der Waals surface area contributed by atoms with Crippen LogP contribution in [0.15, 0.2) is 53.7 Å². The molecule has 0 aliphatic heterocycles. The van der Waals surface area contributed by atoms with Gasteiger partial charge in [-0.25, -0.2) is 0 Å². The minimum Gasteiger partial charge on any atom is -0.497 e. The summed E-state index contributed by atoms with van der Waals surface area (Å²) in [6.07, 6.45) is 0. The molecule has 1 aromatic heterocycles. The maximum absolute atomic E-state index is 11.2. The molecule has 1 atom stereocenters. The van der Waals surface area contributed by atoms with Gasteiger partial charge in [0.25, 0.3) is 0 Å². The van der Waals surface area contributed by atoms with Gasteiger partial charge in [-0.15, -0.1) is 10.2 Å². The zero-order chi connectivity index (χ0) is 19.4. The molecule has 0 unspecified atom stereocenters. The predicted octanol–water partition coefficient (Wildman–Crippen LogP) is 4.00. The van der Waals surface area contributed by atoms with Crippen molar-refractivity contribution in [3.63, 3.8) is 0 Å². The molecular weight excluding hydrogens is 364 g/mol. The van der Waals surface area contributed by atoms with Crippen LogP contribution in [-0.2, 0) is 0 Å². The van der Waals surface area contributed by atoms with E-state index in [1.165, 1.54) is 11.8 Å². The highest BCUT2D eigenvalue weighted by Gasteiger charge is 2.23. The topological polar surface area (TPSA) is 83.1 Å². The van der Waals surface area contributed by atoms with Crippen molar-refractivity contribution >= 4 is 11.8 Å². The van der Waals surface area contributed by atoms with Gasteiger partial charge in [0, 0.05) is 10.6 Å². The van der Waals surface area contributed by atoms with Crippen molar-refractivity contribution in [2.24, 2.45) is 0 Å². The molecule has 2 aromatic carbocycles. The number of ether oxygens (including phenoxy) is 1. The summed E-state index contributed by atoms with van der Waals surface area (Å²) in [5.74, 6) is 1.44. The van der Waals surface area contributed by atoms with E-state index in [-0.39, 0.29) is 11.5 Å². The molecule has 3 rings (SSSR count). The lowest BCUT2D eigenvalue weighted by Crippen LogP contribution is -2.11. The predicted molar refractivity (Wildman–Crippen MR) is 104 cm³/mol. The Morgan fingerprint density at radius 3 is 2.56 bits per heavy atom. The molecule has 7 nitrogen and oxygen atoms in total. The Hall–Kier alpha value is -2.87. The zero-order valence-electron chi connectivity index (χ0n) is 15.3. The Morgan fingerprint density at radius 1 is 1.19 bits per heavy atom. The highest BCUT2D eigenvalue weighted by Crippen LogP contribution is 2.36. The first kappa shape index (κ1) is 18.9. The molecule has 140 valence electrons. The fourth-order valence-corrected chi connectivity index (χ4v) is 3.95. The quantitative estimate of drug-likeness (QED) is 0.348. The fraction of sp³-hybridized carbons (Fsp3) is 0.263. The normalized spacial score (nSPS) is 12.0. The molecule has 0 bridgehead atoms. The van der Waals surface area contributed by atoms with Crippen LogP contribution in [0.5, 0.6) is 5.75 Å². The van der Waals surface area contributed by atoms with Gasteiger partial charge in [-0.05, 0) is 49.2 Å². The summed E-state index contributed by atoms with van der Waals surface area (Å²) in [6.45, 7) is 3.68. The number of hydrogen-bond donors (Lipinski definition) is 0. The molecule has 0 saturated heterocycles. The van der Waals surface area contributed by atoms with E-state index in [1.54, 1.807) is 19.2 Å². The molecule has 0 aliphatic rings. The van der Waals surface area contributed by atoms with Crippen molar-refractivity contribution in [1.29, 1.82) is 0 Å². The minimum absolute atomic E-state index is 0.212. The van der Waals surface area contributed by atoms with Crippen LogP contribution in [0.25, 0.3) is 5.69 Å². The van der Waals surface area contributed by atoms with Gasteiger partial charge in [0.2, 0.25) is 6.54 Å². The van der Waals surface area contributed by atoms with Gasteiger partial charge in [0.1, 0.15) is 16.8 Å². The van der Waals surface area contributed by atoms with Gasteiger partial charge < -0.3 is 4.74 Å². The van der Waals surface area contributed by atoms with Gasteiger partial charge in [-0.1, -0.05) is 36.0 Å². The third-order valence-electron chi connectivity index (χ3n) is 4.11. The number of aryl methyl sites for hydroxylation is 2. The number of hydrogen-bond acceptors (Lipinski definition) is 6. The van der Waals surface area contributed by atoms with Crippen LogP contribution in [0, 0.1) is 24.0 Å². The van der Waals surface area contributed by atoms with Gasteiger partial charge in [-0.3, -0.25) is 14.7 Å². The van der Waals surface area contributed by atoms with Crippen molar-refractivity contribution in [2.45, 2.75) is 24.3 Å². The second-order valence-electron chi connectivity index (χ2n) is 6.10. The second-order valence-corrected chi connectivity index (χ2v) is 7.27. The smallest absolute Gasteiger partial charge is 0.220 e. The van der Waals surface area contributed by atoms with E-state index < -0.39 is 5.25 Å². The number of methoxy groups -OCH3 is 1. The third-order valence-corrected chi connectivity index (χ3v) is 5.29. The highest BCUT2D eigenvalue weighted by molar-refractivity contribution is 7.99. The zero-order valence-corrected chi connectivity index (χ0v) is 16.1. The van der Waals surface area contributed by atoms with Crippen molar-refractivity contribution in [2.75, 3.05) is 13.7 Å². The van der Waals surface area contributed by atoms with Gasteiger partial charge in [-0.2, -0.15) is 0 Å². The fourth-order valence-electron chi connectivity index (χ4n) is 2.78. The summed E-state index contributed by atoms with van der Waals surface area (Å²) in [6, 6.07) is 15.3. The van der Waals surface area contributed by atoms with Crippen LogP contribution < -0.4 is 4.74 Å². The van der Waals surface area contributed by atoms with Crippen molar-refractivity contribution < 1.29 is 9.66 Å². The van der Waals surface area contributed by atoms with Crippen molar-refractivity contribution in [3.05, 3.63) is 75.6 Å². The molecule has 3 aromatic rings. The summed E-state index contributed by atoms with van der Waals surface area (Å²) in [5, 5.41) is 19.9. The molecule has 0 spiro atoms. The SMILES string of the molecule is COc1ccc([C@@H](C[N+](=O)[O-])Sc2nnc(C)n2-c2cccc(C)c2)cc1. The first-order chi connectivity index (χ1) is 13.0. The van der Waals surface area contributed by atoms with Crippen molar-refractivity contribution in [1.82, 2.24) is 14.8 Å². The van der Waals surface area contributed by atoms with E-state index in [0.717, 1.165) is 22.6 Å². The standard InChI is InChI=1S/C19H20N4O3S/c1-13-5-4-6-16(11-13)23-14(2)20-21-19(23)27-18(12-22(24)25)15-7-9-17(26-3)10-8-15/h4-11,18H,12H2,1-3H3/t18-/m1/s1. The Morgan fingerprint density at radius 2 is 1.93 bits per heavy atom. The molecule has 8 heteroatoms. The average Bonchev–Trinajstić information content (AvgIpc) is 3.01. The van der Waals surface area contributed by atoms with Crippen LogP contribution in [0.3, 0.4) is 0 Å². The Balaban J connectivity index is 1.95. The second kappa shape index (κ2) is 8.22. The summed E-state index contributed by atoms with van der Waals surface area (Å²) >= 11 is 1.34. The maximum atomic E-state index is 11.2. The largest absolute Gasteiger partial charge is 0.497 e. The molecule has 1 heterocycles. The van der Waals surface area contributed by atoms with E-state index in [4.69, 9.17) is 4.74 Å². The first-order valence-electron chi connectivity index (χ1n) is 8.39. The van der Waals surface area contributed by atoms with E-state index >= 15 is 0 Å². The molecule has 0 radical (unpaired) electrons. The Kier molecular flexibility index (Phi) is 5.75. The average molecular weight is 384 g/mol. The van der Waals surface area contributed by atoms with Crippen LogP contribution in [0.4, 0.5) is 0 Å². The monoisotopic (exact) mass is 384 g/mol. The minimum atomic E-state index is -0.391. The van der Waals surface area contributed by atoms with Crippen molar-refractivity contribution in [3.8, 4) is 11.4 Å². The van der Waals surface area contributed by atoms with Crippen LogP contribution >= 0.6 is 11.8 Å². The van der Waals surface area contributed by atoms with Gasteiger partial charge in [0.05, 0.1) is 7.11 Å². The van der Waals surface area contributed by atoms with E-state index in [9.17, 15) is 10.1 Å².